The Bertz CT molecular complexity index is 1350. The van der Waals surface area contributed by atoms with Gasteiger partial charge in [0.05, 0.1) is 19.1 Å². The molecule has 0 amide bonds. The Hall–Kier alpha value is -2.89. The molecule has 2 aromatic carbocycles. The van der Waals surface area contributed by atoms with Crippen molar-refractivity contribution in [3.63, 3.8) is 0 Å². The van der Waals surface area contributed by atoms with Crippen LogP contribution in [0.1, 0.15) is 30.1 Å². The lowest BCUT2D eigenvalue weighted by Crippen LogP contribution is -2.41. The first kappa shape index (κ1) is 29.7. The van der Waals surface area contributed by atoms with Crippen LogP contribution in [0.25, 0.3) is 0 Å². The van der Waals surface area contributed by atoms with E-state index in [1.807, 2.05) is 0 Å². The number of esters is 1. The minimum absolute atomic E-state index is 0. The monoisotopic (exact) mass is 582 g/mol. The van der Waals surface area contributed by atoms with Gasteiger partial charge in [-0.15, -0.1) is 0 Å². The zero-order valence-electron chi connectivity index (χ0n) is 20.8. The molecule has 3 aromatic rings. The van der Waals surface area contributed by atoms with Gasteiger partial charge in [0.25, 0.3) is 0 Å². The van der Waals surface area contributed by atoms with Crippen molar-refractivity contribution in [3.8, 4) is 11.5 Å². The van der Waals surface area contributed by atoms with Crippen molar-refractivity contribution in [1.82, 2.24) is 4.31 Å². The van der Waals surface area contributed by atoms with Gasteiger partial charge in [-0.3, -0.25) is 4.79 Å². The molecule has 2 N–H and O–H groups in total. The molecule has 0 aliphatic carbocycles. The number of carbonyl (C=O) groups is 1. The smallest absolute Gasteiger partial charge is 0.325 e. The second-order valence-electron chi connectivity index (χ2n) is 8.46. The highest BCUT2D eigenvalue weighted by molar-refractivity contribution is 7.89. The summed E-state index contributed by atoms with van der Waals surface area (Å²) in [6.07, 6.45) is 3.39. The summed E-state index contributed by atoms with van der Waals surface area (Å²) in [5.41, 5.74) is 1.19. The van der Waals surface area contributed by atoms with Crippen LogP contribution in [-0.2, 0) is 26.0 Å². The number of halogens is 2. The molecule has 2 atom stereocenters. The third-order valence-corrected chi connectivity index (χ3v) is 8.85. The van der Waals surface area contributed by atoms with E-state index < -0.39 is 28.1 Å². The number of sulfonamides is 1. The van der Waals surface area contributed by atoms with Crippen molar-refractivity contribution in [2.24, 2.45) is 0 Å². The fourth-order valence-corrected chi connectivity index (χ4v) is 6.55. The molecule has 9 nitrogen and oxygen atoms in total. The number of methoxy groups -OCH3 is 2. The fraction of sp³-hybridized carbons (Fsp3) is 0.308. The Morgan fingerprint density at radius 2 is 1.71 bits per heavy atom. The number of nitrogens with one attached hydrogen (secondary N) is 1. The van der Waals surface area contributed by atoms with Crippen molar-refractivity contribution in [1.29, 1.82) is 0 Å². The highest BCUT2D eigenvalue weighted by Gasteiger charge is 2.41. The fourth-order valence-electron chi connectivity index (χ4n) is 4.35. The standard InChI is InChI=1S/C26H26Cl2N2O6S.H2O/c1-34-23-11-10-17(13-25(23)35-2)24(14-19-20(27)15-29-16-21(19)28)36-26(31)22-9-6-12-30(22)37(32,33)18-7-4-3-5-8-18;/h3-5,7-8,10-11,13,15-16,22,24H,6,9,12,14H2,1-2H3;1H2/t22-,24-;/m0./s1. The average molecular weight is 583 g/mol. The van der Waals surface area contributed by atoms with E-state index in [1.165, 1.54) is 30.7 Å². The number of aromatic amines is 1. The Morgan fingerprint density at radius 3 is 2.34 bits per heavy atom. The van der Waals surface area contributed by atoms with E-state index in [2.05, 4.69) is 4.98 Å². The molecule has 204 valence electrons. The first-order valence-electron chi connectivity index (χ1n) is 11.6. The Balaban J connectivity index is 0.00000400. The molecule has 1 aromatic heterocycles. The molecule has 0 saturated carbocycles. The lowest BCUT2D eigenvalue weighted by Gasteiger charge is -2.26. The van der Waals surface area contributed by atoms with Crippen molar-refractivity contribution in [2.45, 2.75) is 36.3 Å². The van der Waals surface area contributed by atoms with Crippen molar-refractivity contribution >= 4 is 39.2 Å². The SMILES string of the molecule is COc1ccc([C@H](Cc2c(Cl)c[nH+]cc2Cl)OC(=O)[C@@H]2CCCN2S(=O)(=O)c2ccccc2)cc1OC.[OH-]. The molecule has 38 heavy (non-hydrogen) atoms. The van der Waals surface area contributed by atoms with Gasteiger partial charge in [0.2, 0.25) is 10.0 Å². The normalized spacial score (nSPS) is 16.4. The molecule has 0 spiro atoms. The first-order valence-corrected chi connectivity index (χ1v) is 13.8. The summed E-state index contributed by atoms with van der Waals surface area (Å²) in [4.78, 5) is 16.5. The van der Waals surface area contributed by atoms with Crippen LogP contribution < -0.4 is 14.5 Å². The van der Waals surface area contributed by atoms with E-state index in [4.69, 9.17) is 37.4 Å². The maximum atomic E-state index is 13.5. The number of carbonyl (C=O) groups excluding carboxylic acids is 1. The number of H-pyrrole nitrogens is 1. The Kier molecular flexibility index (Phi) is 9.97. The molecule has 0 radical (unpaired) electrons. The number of ether oxygens (including phenoxy) is 3. The van der Waals surface area contributed by atoms with Crippen LogP contribution in [0.4, 0.5) is 0 Å². The van der Waals surface area contributed by atoms with Gasteiger partial charge in [-0.25, -0.2) is 13.4 Å². The third kappa shape index (κ3) is 6.22. The van der Waals surface area contributed by atoms with Crippen LogP contribution in [0, 0.1) is 0 Å². The summed E-state index contributed by atoms with van der Waals surface area (Å²) >= 11 is 12.8. The van der Waals surface area contributed by atoms with E-state index in [9.17, 15) is 13.2 Å². The lowest BCUT2D eigenvalue weighted by atomic mass is 10.0. The molecule has 4 rings (SSSR count). The number of nitrogens with zero attached hydrogens (tertiary/aromatic N) is 1. The maximum absolute atomic E-state index is 13.5. The largest absolute Gasteiger partial charge is 0.870 e. The summed E-state index contributed by atoms with van der Waals surface area (Å²) in [6.45, 7) is 0.226. The molecule has 1 fully saturated rings. The molecule has 1 aliphatic heterocycles. The first-order chi connectivity index (χ1) is 17.8. The second-order valence-corrected chi connectivity index (χ2v) is 11.2. The Morgan fingerprint density at radius 1 is 1.05 bits per heavy atom. The molecule has 12 heteroatoms. The van der Waals surface area contributed by atoms with E-state index in [0.29, 0.717) is 45.5 Å². The van der Waals surface area contributed by atoms with Gasteiger partial charge >= 0.3 is 5.97 Å². The molecule has 2 heterocycles. The van der Waals surface area contributed by atoms with E-state index in [1.54, 1.807) is 48.8 Å². The number of rotatable bonds is 9. The summed E-state index contributed by atoms with van der Waals surface area (Å²) in [5, 5.41) is 0.756. The average Bonchev–Trinajstić information content (AvgIpc) is 3.41. The molecule has 0 bridgehead atoms. The van der Waals surface area contributed by atoms with Gasteiger partial charge in [0.1, 0.15) is 22.2 Å². The van der Waals surface area contributed by atoms with Crippen LogP contribution in [0.2, 0.25) is 10.0 Å². The number of aromatic nitrogens is 1. The van der Waals surface area contributed by atoms with Crippen LogP contribution in [0.5, 0.6) is 11.5 Å². The molecule has 1 aliphatic rings. The quantitative estimate of drug-likeness (QED) is 0.343. The van der Waals surface area contributed by atoms with Gasteiger partial charge in [-0.05, 0) is 42.7 Å². The number of pyridine rings is 1. The third-order valence-electron chi connectivity index (χ3n) is 6.25. The second kappa shape index (κ2) is 12.8. The maximum Gasteiger partial charge on any atom is 0.325 e. The summed E-state index contributed by atoms with van der Waals surface area (Å²) < 4.78 is 44.6. The lowest BCUT2D eigenvalue weighted by molar-refractivity contribution is -0.377. The van der Waals surface area contributed by atoms with Crippen molar-refractivity contribution < 1.29 is 37.9 Å². The predicted octanol–water partition coefficient (Wildman–Crippen LogP) is 4.33. The molecular formula is C26H28Cl2N2O7S. The van der Waals surface area contributed by atoms with E-state index in [-0.39, 0.29) is 23.3 Å². The number of hydrogen-bond donors (Lipinski definition) is 0. The molecule has 0 unspecified atom stereocenters. The van der Waals surface area contributed by atoms with Crippen LogP contribution >= 0.6 is 23.2 Å². The molecular weight excluding hydrogens is 555 g/mol. The highest BCUT2D eigenvalue weighted by atomic mass is 35.5. The van der Waals surface area contributed by atoms with E-state index >= 15 is 0 Å². The zero-order valence-corrected chi connectivity index (χ0v) is 23.1. The minimum atomic E-state index is -3.88. The van der Waals surface area contributed by atoms with Crippen molar-refractivity contribution in [2.75, 3.05) is 20.8 Å². The van der Waals surface area contributed by atoms with Gasteiger partial charge in [0, 0.05) is 18.5 Å². The minimum Gasteiger partial charge on any atom is -0.870 e. The van der Waals surface area contributed by atoms with Gasteiger partial charge in [-0.2, -0.15) is 4.31 Å². The summed E-state index contributed by atoms with van der Waals surface area (Å²) in [6, 6.07) is 12.3. The van der Waals surface area contributed by atoms with Crippen LogP contribution in [0.15, 0.2) is 65.8 Å². The summed E-state index contributed by atoms with van der Waals surface area (Å²) in [5.74, 6) is 0.318. The zero-order chi connectivity index (χ0) is 26.6. The van der Waals surface area contributed by atoms with Gasteiger partial charge in [0.15, 0.2) is 23.9 Å². The predicted molar refractivity (Wildman–Crippen MR) is 140 cm³/mol. The van der Waals surface area contributed by atoms with Crippen LogP contribution in [-0.4, -0.2) is 51.0 Å². The number of benzene rings is 2. The van der Waals surface area contributed by atoms with Gasteiger partial charge < -0.3 is 19.7 Å². The Labute approximate surface area is 231 Å². The summed E-state index contributed by atoms with van der Waals surface area (Å²) in [7, 11) is -0.843. The van der Waals surface area contributed by atoms with E-state index in [0.717, 1.165) is 0 Å². The highest BCUT2D eigenvalue weighted by Crippen LogP contribution is 2.36. The van der Waals surface area contributed by atoms with Crippen molar-refractivity contribution in [3.05, 3.63) is 82.1 Å². The topological polar surface area (TPSA) is 126 Å². The van der Waals surface area contributed by atoms with Gasteiger partial charge in [-0.1, -0.05) is 47.5 Å². The van der Waals surface area contributed by atoms with Crippen LogP contribution in [0.3, 0.4) is 0 Å². The number of hydrogen-bond acceptors (Lipinski definition) is 7. The molecule has 1 saturated heterocycles.